The topological polar surface area (TPSA) is 38.3 Å². The monoisotopic (exact) mass is 397 g/mol. The second-order valence-electron chi connectivity index (χ2n) is 9.13. The van der Waals surface area contributed by atoms with Gasteiger partial charge in [-0.05, 0) is 58.9 Å². The highest BCUT2D eigenvalue weighted by Gasteiger charge is 2.40. The summed E-state index contributed by atoms with van der Waals surface area (Å²) in [5.74, 6) is 1.13. The molecule has 3 nitrogen and oxygen atoms in total. The summed E-state index contributed by atoms with van der Waals surface area (Å²) in [6.07, 6.45) is 1.49. The third-order valence-electron chi connectivity index (χ3n) is 6.26. The zero-order chi connectivity index (χ0) is 20.9. The van der Waals surface area contributed by atoms with Crippen molar-refractivity contribution in [3.63, 3.8) is 0 Å². The molecule has 0 saturated heterocycles. The maximum atomic E-state index is 13.5. The van der Waals surface area contributed by atoms with E-state index in [-0.39, 0.29) is 17.2 Å². The van der Waals surface area contributed by atoms with Crippen LogP contribution in [0.5, 0.6) is 5.75 Å². The van der Waals surface area contributed by atoms with E-state index in [2.05, 4.69) is 67.7 Å². The summed E-state index contributed by atoms with van der Waals surface area (Å²) in [6, 6.07) is 20.9. The quantitative estimate of drug-likeness (QED) is 0.545. The number of hydrogen-bond acceptors (Lipinski definition) is 3. The summed E-state index contributed by atoms with van der Waals surface area (Å²) in [6.45, 7) is 7.04. The summed E-state index contributed by atoms with van der Waals surface area (Å²) < 4.78 is 5.62. The van der Waals surface area contributed by atoms with Crippen molar-refractivity contribution in [2.75, 3.05) is 11.9 Å². The van der Waals surface area contributed by atoms with Crippen LogP contribution in [0.15, 0.2) is 66.2 Å². The van der Waals surface area contributed by atoms with Gasteiger partial charge in [-0.1, -0.05) is 56.3 Å². The van der Waals surface area contributed by atoms with Gasteiger partial charge in [0.1, 0.15) is 5.75 Å². The SMILES string of the molecule is CCOc1ccc([C@H]2Nc3ccc4ccccc4c3C3=C2CC(C)(C)CC3=O)cc1. The first-order valence-electron chi connectivity index (χ1n) is 10.7. The van der Waals surface area contributed by atoms with Crippen molar-refractivity contribution in [2.24, 2.45) is 5.41 Å². The summed E-state index contributed by atoms with van der Waals surface area (Å²) in [7, 11) is 0. The Morgan fingerprint density at radius 2 is 1.77 bits per heavy atom. The van der Waals surface area contributed by atoms with E-state index in [1.807, 2.05) is 19.1 Å². The highest BCUT2D eigenvalue weighted by molar-refractivity contribution is 6.28. The molecule has 0 saturated carbocycles. The summed E-state index contributed by atoms with van der Waals surface area (Å²) >= 11 is 0. The average molecular weight is 398 g/mol. The van der Waals surface area contributed by atoms with Crippen LogP contribution in [0.4, 0.5) is 5.69 Å². The first kappa shape index (κ1) is 18.9. The molecule has 1 aliphatic heterocycles. The van der Waals surface area contributed by atoms with Gasteiger partial charge in [0.15, 0.2) is 5.78 Å². The minimum atomic E-state index is -0.0385. The summed E-state index contributed by atoms with van der Waals surface area (Å²) in [5, 5.41) is 6.08. The fourth-order valence-electron chi connectivity index (χ4n) is 5.03. The maximum Gasteiger partial charge on any atom is 0.164 e. The molecule has 0 spiro atoms. The minimum Gasteiger partial charge on any atom is -0.494 e. The third-order valence-corrected chi connectivity index (χ3v) is 6.26. The Balaban J connectivity index is 1.71. The number of allylic oxidation sites excluding steroid dienone is 1. The Morgan fingerprint density at radius 1 is 1.00 bits per heavy atom. The van der Waals surface area contributed by atoms with E-state index in [0.29, 0.717) is 13.0 Å². The molecule has 2 aliphatic rings. The van der Waals surface area contributed by atoms with Gasteiger partial charge < -0.3 is 10.1 Å². The molecule has 0 fully saturated rings. The lowest BCUT2D eigenvalue weighted by Crippen LogP contribution is -2.32. The number of ether oxygens (including phenoxy) is 1. The van der Waals surface area contributed by atoms with Crippen molar-refractivity contribution in [1.82, 2.24) is 0 Å². The number of rotatable bonds is 3. The number of benzene rings is 3. The predicted octanol–water partition coefficient (Wildman–Crippen LogP) is 6.55. The van der Waals surface area contributed by atoms with E-state index in [9.17, 15) is 4.79 Å². The lowest BCUT2D eigenvalue weighted by Gasteiger charge is -2.40. The van der Waals surface area contributed by atoms with Crippen LogP contribution < -0.4 is 10.1 Å². The number of hydrogen-bond donors (Lipinski definition) is 1. The molecule has 3 heteroatoms. The van der Waals surface area contributed by atoms with Gasteiger partial charge in [-0.3, -0.25) is 4.79 Å². The molecule has 152 valence electrons. The molecule has 3 aromatic carbocycles. The summed E-state index contributed by atoms with van der Waals surface area (Å²) in [5.41, 5.74) is 5.38. The Morgan fingerprint density at radius 3 is 2.53 bits per heavy atom. The molecular weight excluding hydrogens is 370 g/mol. The normalized spacial score (nSPS) is 19.8. The zero-order valence-electron chi connectivity index (χ0n) is 17.8. The van der Waals surface area contributed by atoms with E-state index in [1.165, 1.54) is 11.0 Å². The number of nitrogens with one attached hydrogen (secondary N) is 1. The third kappa shape index (κ3) is 3.09. The molecular formula is C27H27NO2. The van der Waals surface area contributed by atoms with Gasteiger partial charge >= 0.3 is 0 Å². The number of carbonyl (C=O) groups excluding carboxylic acids is 1. The van der Waals surface area contributed by atoms with Crippen LogP contribution in [-0.2, 0) is 4.79 Å². The zero-order valence-corrected chi connectivity index (χ0v) is 17.8. The van der Waals surface area contributed by atoms with E-state index in [0.717, 1.165) is 39.9 Å². The van der Waals surface area contributed by atoms with Crippen LogP contribution in [-0.4, -0.2) is 12.4 Å². The molecule has 0 bridgehead atoms. The van der Waals surface area contributed by atoms with Crippen molar-refractivity contribution in [2.45, 2.75) is 39.7 Å². The Hall–Kier alpha value is -3.07. The van der Waals surface area contributed by atoms with E-state index in [4.69, 9.17) is 4.74 Å². The first-order chi connectivity index (χ1) is 14.5. The van der Waals surface area contributed by atoms with Crippen LogP contribution in [0.2, 0.25) is 0 Å². The molecule has 1 heterocycles. The standard InChI is InChI=1S/C27H27NO2/c1-4-30-19-12-9-18(10-13-19)26-21-15-27(2,3)16-23(29)25(21)24-20-8-6-5-7-17(20)11-14-22(24)28-26/h5-14,26,28H,4,15-16H2,1-3H3/t26-/m1/s1. The van der Waals surface area contributed by atoms with Gasteiger partial charge in [0.2, 0.25) is 0 Å². The largest absolute Gasteiger partial charge is 0.494 e. The molecule has 0 unspecified atom stereocenters. The van der Waals surface area contributed by atoms with Crippen LogP contribution in [0.1, 0.15) is 50.8 Å². The number of ketones is 1. The fraction of sp³-hybridized carbons (Fsp3) is 0.296. The number of Topliss-reactive ketones (excluding diaryl/α,β-unsaturated/α-hetero) is 1. The Bertz CT molecular complexity index is 1170. The average Bonchev–Trinajstić information content (AvgIpc) is 2.73. The van der Waals surface area contributed by atoms with E-state index >= 15 is 0 Å². The van der Waals surface area contributed by atoms with Gasteiger partial charge in [-0.15, -0.1) is 0 Å². The second kappa shape index (κ2) is 7.02. The first-order valence-corrected chi connectivity index (χ1v) is 10.7. The lowest BCUT2D eigenvalue weighted by atomic mass is 9.68. The van der Waals surface area contributed by atoms with Crippen LogP contribution in [0, 0.1) is 5.41 Å². The molecule has 1 aliphatic carbocycles. The van der Waals surface area contributed by atoms with Crippen molar-refractivity contribution < 1.29 is 9.53 Å². The van der Waals surface area contributed by atoms with Crippen LogP contribution in [0.25, 0.3) is 16.3 Å². The number of carbonyl (C=O) groups is 1. The van der Waals surface area contributed by atoms with E-state index < -0.39 is 0 Å². The van der Waals surface area contributed by atoms with Crippen molar-refractivity contribution in [1.29, 1.82) is 0 Å². The highest BCUT2D eigenvalue weighted by atomic mass is 16.5. The number of anilines is 1. The molecule has 0 radical (unpaired) electrons. The fourth-order valence-corrected chi connectivity index (χ4v) is 5.03. The molecule has 1 N–H and O–H groups in total. The van der Waals surface area contributed by atoms with Gasteiger partial charge in [0, 0.05) is 23.2 Å². The summed E-state index contributed by atoms with van der Waals surface area (Å²) in [4.78, 5) is 13.5. The molecule has 0 aromatic heterocycles. The van der Waals surface area contributed by atoms with Gasteiger partial charge in [0.05, 0.1) is 12.6 Å². The molecule has 1 atom stereocenters. The molecule has 5 rings (SSSR count). The lowest BCUT2D eigenvalue weighted by molar-refractivity contribution is -0.116. The Labute approximate surface area is 177 Å². The minimum absolute atomic E-state index is 0.00661. The van der Waals surface area contributed by atoms with E-state index in [1.54, 1.807) is 0 Å². The van der Waals surface area contributed by atoms with Gasteiger partial charge in [-0.25, -0.2) is 0 Å². The highest BCUT2D eigenvalue weighted by Crippen LogP contribution is 2.51. The van der Waals surface area contributed by atoms with Gasteiger partial charge in [-0.2, -0.15) is 0 Å². The molecule has 3 aromatic rings. The smallest absolute Gasteiger partial charge is 0.164 e. The second-order valence-corrected chi connectivity index (χ2v) is 9.13. The number of fused-ring (bicyclic) bond motifs is 4. The molecule has 30 heavy (non-hydrogen) atoms. The maximum absolute atomic E-state index is 13.5. The molecule has 0 amide bonds. The van der Waals surface area contributed by atoms with Crippen molar-refractivity contribution in [3.05, 3.63) is 77.4 Å². The Kier molecular flexibility index (Phi) is 4.43. The van der Waals surface area contributed by atoms with Crippen molar-refractivity contribution in [3.8, 4) is 5.75 Å². The van der Waals surface area contributed by atoms with Gasteiger partial charge in [0.25, 0.3) is 0 Å². The van der Waals surface area contributed by atoms with Crippen molar-refractivity contribution >= 4 is 27.8 Å². The van der Waals surface area contributed by atoms with Crippen LogP contribution in [0.3, 0.4) is 0 Å². The van der Waals surface area contributed by atoms with Crippen LogP contribution >= 0.6 is 0 Å². The predicted molar refractivity (Wildman–Crippen MR) is 123 cm³/mol.